The van der Waals surface area contributed by atoms with Gasteiger partial charge in [-0.25, -0.2) is 4.98 Å². The van der Waals surface area contributed by atoms with Gasteiger partial charge in [0.15, 0.2) is 5.78 Å². The molecule has 3 aromatic rings. The first-order chi connectivity index (χ1) is 11.6. The second kappa shape index (κ2) is 7.06. The average Bonchev–Trinajstić information content (AvgIpc) is 3.01. The van der Waals surface area contributed by atoms with Crippen LogP contribution in [0.15, 0.2) is 59.0 Å². The smallest absolute Gasteiger partial charge is 0.205 e. The van der Waals surface area contributed by atoms with Gasteiger partial charge in [-0.3, -0.25) is 10.2 Å². The zero-order valence-electron chi connectivity index (χ0n) is 13.1. The Labute approximate surface area is 143 Å². The number of carbonyl (C=O) groups is 1. The zero-order valence-corrected chi connectivity index (χ0v) is 13.9. The van der Waals surface area contributed by atoms with Gasteiger partial charge in [0.25, 0.3) is 0 Å². The molecule has 0 atom stereocenters. The molecule has 0 aliphatic carbocycles. The Kier molecular flexibility index (Phi) is 4.67. The highest BCUT2D eigenvalue weighted by Gasteiger charge is 2.02. The monoisotopic (exact) mass is 336 g/mol. The second-order valence-electron chi connectivity index (χ2n) is 5.21. The molecule has 0 saturated heterocycles. The fourth-order valence-corrected chi connectivity index (χ4v) is 2.73. The van der Waals surface area contributed by atoms with Crippen LogP contribution in [0.3, 0.4) is 0 Å². The quantitative estimate of drug-likeness (QED) is 0.418. The van der Waals surface area contributed by atoms with Gasteiger partial charge in [-0.1, -0.05) is 42.5 Å². The maximum Gasteiger partial charge on any atom is 0.205 e. The third-order valence-corrected chi connectivity index (χ3v) is 4.17. The third-order valence-electron chi connectivity index (χ3n) is 3.41. The Balaban J connectivity index is 1.71. The molecular weight excluding hydrogens is 320 g/mol. The number of thiazole rings is 1. The predicted octanol–water partition coefficient (Wildman–Crippen LogP) is 4.04. The molecule has 0 spiro atoms. The SMILES string of the molecule is CC(=O)c1cccc(-c2ccc(C=NNc3nc(N)cs3)cc2)c1. The van der Waals surface area contributed by atoms with E-state index in [0.717, 1.165) is 16.7 Å². The Hall–Kier alpha value is -2.99. The Bertz CT molecular complexity index is 884. The minimum Gasteiger partial charge on any atom is -0.383 e. The molecule has 0 radical (unpaired) electrons. The van der Waals surface area contributed by atoms with Crippen LogP contribution in [0.25, 0.3) is 11.1 Å². The van der Waals surface area contributed by atoms with E-state index < -0.39 is 0 Å². The number of anilines is 2. The highest BCUT2D eigenvalue weighted by atomic mass is 32.1. The van der Waals surface area contributed by atoms with Crippen molar-refractivity contribution in [3.8, 4) is 11.1 Å². The van der Waals surface area contributed by atoms with Gasteiger partial charge in [-0.2, -0.15) is 5.10 Å². The lowest BCUT2D eigenvalue weighted by Crippen LogP contribution is -1.92. The van der Waals surface area contributed by atoms with E-state index in [1.165, 1.54) is 11.3 Å². The minimum absolute atomic E-state index is 0.0644. The topological polar surface area (TPSA) is 80.4 Å². The van der Waals surface area contributed by atoms with Gasteiger partial charge in [0.1, 0.15) is 5.82 Å². The number of Topliss-reactive ketones (excluding diaryl/α,β-unsaturated/α-hetero) is 1. The number of nitrogens with one attached hydrogen (secondary N) is 1. The summed E-state index contributed by atoms with van der Waals surface area (Å²) in [5.41, 5.74) is 12.1. The highest BCUT2D eigenvalue weighted by molar-refractivity contribution is 7.14. The molecule has 5 nitrogen and oxygen atoms in total. The highest BCUT2D eigenvalue weighted by Crippen LogP contribution is 2.21. The number of rotatable bonds is 5. The van der Waals surface area contributed by atoms with Gasteiger partial charge in [0.2, 0.25) is 5.13 Å². The van der Waals surface area contributed by atoms with Gasteiger partial charge < -0.3 is 5.73 Å². The van der Waals surface area contributed by atoms with Crippen LogP contribution in [0.1, 0.15) is 22.8 Å². The standard InChI is InChI=1S/C18H16N4OS/c1-12(23)15-3-2-4-16(9-15)14-7-5-13(6-8-14)10-20-22-18-21-17(19)11-24-18/h2-11H,19H2,1H3,(H,21,22). The number of nitrogens with zero attached hydrogens (tertiary/aromatic N) is 2. The summed E-state index contributed by atoms with van der Waals surface area (Å²) in [7, 11) is 0. The first-order valence-corrected chi connectivity index (χ1v) is 8.21. The first-order valence-electron chi connectivity index (χ1n) is 7.33. The Morgan fingerprint density at radius 1 is 1.21 bits per heavy atom. The van der Waals surface area contributed by atoms with E-state index in [9.17, 15) is 4.79 Å². The lowest BCUT2D eigenvalue weighted by molar-refractivity contribution is 0.101. The van der Waals surface area contributed by atoms with Crippen LogP contribution in [-0.2, 0) is 0 Å². The molecule has 0 bridgehead atoms. The zero-order chi connectivity index (χ0) is 16.9. The Morgan fingerprint density at radius 3 is 2.67 bits per heavy atom. The summed E-state index contributed by atoms with van der Waals surface area (Å²) in [5.74, 6) is 0.546. The van der Waals surface area contributed by atoms with Crippen molar-refractivity contribution < 1.29 is 4.79 Å². The van der Waals surface area contributed by atoms with Crippen LogP contribution in [0.2, 0.25) is 0 Å². The van der Waals surface area contributed by atoms with Gasteiger partial charge in [-0.05, 0) is 29.7 Å². The van der Waals surface area contributed by atoms with Crippen molar-refractivity contribution in [1.82, 2.24) is 4.98 Å². The van der Waals surface area contributed by atoms with Crippen LogP contribution in [0.5, 0.6) is 0 Å². The fraction of sp³-hybridized carbons (Fsp3) is 0.0556. The van der Waals surface area contributed by atoms with Crippen LogP contribution < -0.4 is 11.2 Å². The van der Waals surface area contributed by atoms with Crippen molar-refractivity contribution in [2.24, 2.45) is 5.10 Å². The van der Waals surface area contributed by atoms with Gasteiger partial charge >= 0.3 is 0 Å². The van der Waals surface area contributed by atoms with Crippen molar-refractivity contribution >= 4 is 34.3 Å². The fourth-order valence-electron chi connectivity index (χ4n) is 2.18. The number of benzene rings is 2. The molecule has 3 rings (SSSR count). The van der Waals surface area contributed by atoms with Crippen LogP contribution in [0.4, 0.5) is 10.9 Å². The molecular formula is C18H16N4OS. The number of ketones is 1. The summed E-state index contributed by atoms with van der Waals surface area (Å²) in [5, 5.41) is 6.54. The minimum atomic E-state index is 0.0644. The average molecular weight is 336 g/mol. The van der Waals surface area contributed by atoms with E-state index in [2.05, 4.69) is 15.5 Å². The summed E-state index contributed by atoms with van der Waals surface area (Å²) in [6.45, 7) is 1.57. The lowest BCUT2D eigenvalue weighted by Gasteiger charge is -2.04. The second-order valence-corrected chi connectivity index (χ2v) is 6.06. The Morgan fingerprint density at radius 2 is 2.00 bits per heavy atom. The number of hydrogen-bond donors (Lipinski definition) is 2. The molecule has 2 aromatic carbocycles. The maximum atomic E-state index is 11.5. The van der Waals surface area contributed by atoms with Crippen LogP contribution in [0, 0.1) is 0 Å². The first kappa shape index (κ1) is 15.9. The van der Waals surface area contributed by atoms with Crippen molar-refractivity contribution in [2.45, 2.75) is 6.92 Å². The molecule has 0 unspecified atom stereocenters. The van der Waals surface area contributed by atoms with E-state index in [1.807, 2.05) is 48.5 Å². The molecule has 24 heavy (non-hydrogen) atoms. The van der Waals surface area contributed by atoms with Crippen LogP contribution >= 0.6 is 11.3 Å². The number of nitrogens with two attached hydrogens (primary N) is 1. The van der Waals surface area contributed by atoms with E-state index in [0.29, 0.717) is 16.5 Å². The normalized spacial score (nSPS) is 10.9. The molecule has 6 heteroatoms. The molecule has 3 N–H and O–H groups in total. The molecule has 1 heterocycles. The molecule has 0 amide bonds. The van der Waals surface area contributed by atoms with Crippen LogP contribution in [-0.4, -0.2) is 17.0 Å². The molecule has 0 aliphatic rings. The molecule has 120 valence electrons. The third kappa shape index (κ3) is 3.85. The summed E-state index contributed by atoms with van der Waals surface area (Å²) in [4.78, 5) is 15.5. The maximum absolute atomic E-state index is 11.5. The summed E-state index contributed by atoms with van der Waals surface area (Å²) in [6, 6.07) is 15.6. The van der Waals surface area contributed by atoms with Crippen molar-refractivity contribution in [2.75, 3.05) is 11.2 Å². The lowest BCUT2D eigenvalue weighted by atomic mass is 10.0. The van der Waals surface area contributed by atoms with E-state index >= 15 is 0 Å². The van der Waals surface area contributed by atoms with Gasteiger partial charge in [0.05, 0.1) is 6.21 Å². The summed E-state index contributed by atoms with van der Waals surface area (Å²) in [6.07, 6.45) is 1.72. The predicted molar refractivity (Wildman–Crippen MR) is 99.6 cm³/mol. The molecule has 1 aromatic heterocycles. The van der Waals surface area contributed by atoms with Crippen molar-refractivity contribution in [3.05, 3.63) is 65.0 Å². The summed E-state index contributed by atoms with van der Waals surface area (Å²) >= 11 is 1.40. The number of carbonyl (C=O) groups excluding carboxylic acids is 1. The number of aromatic nitrogens is 1. The van der Waals surface area contributed by atoms with E-state index in [-0.39, 0.29) is 5.78 Å². The van der Waals surface area contributed by atoms with Crippen molar-refractivity contribution in [1.29, 1.82) is 0 Å². The largest absolute Gasteiger partial charge is 0.383 e. The molecule has 0 fully saturated rings. The summed E-state index contributed by atoms with van der Waals surface area (Å²) < 4.78 is 0. The number of hydrogen-bond acceptors (Lipinski definition) is 6. The van der Waals surface area contributed by atoms with Crippen molar-refractivity contribution in [3.63, 3.8) is 0 Å². The van der Waals surface area contributed by atoms with Gasteiger partial charge in [-0.15, -0.1) is 11.3 Å². The number of hydrazone groups is 1. The molecule has 0 saturated carbocycles. The van der Waals surface area contributed by atoms with E-state index in [4.69, 9.17) is 5.73 Å². The molecule has 0 aliphatic heterocycles. The number of nitrogen functional groups attached to an aromatic ring is 1. The van der Waals surface area contributed by atoms with Gasteiger partial charge in [0, 0.05) is 10.9 Å². The van der Waals surface area contributed by atoms with E-state index in [1.54, 1.807) is 18.5 Å².